The van der Waals surface area contributed by atoms with Crippen LogP contribution in [-0.2, 0) is 16.1 Å². The van der Waals surface area contributed by atoms with Crippen LogP contribution in [0.2, 0.25) is 0 Å². The highest BCUT2D eigenvalue weighted by Gasteiger charge is 2.20. The lowest BCUT2D eigenvalue weighted by Gasteiger charge is -2.26. The quantitative estimate of drug-likeness (QED) is 0.312. The van der Waals surface area contributed by atoms with Crippen molar-refractivity contribution in [3.8, 4) is 5.75 Å². The van der Waals surface area contributed by atoms with Gasteiger partial charge in [-0.25, -0.2) is 15.0 Å². The number of hydrogen-bond donors (Lipinski definition) is 0. The Kier molecular flexibility index (Phi) is 6.26. The van der Waals surface area contributed by atoms with E-state index >= 15 is 0 Å². The third-order valence-corrected chi connectivity index (χ3v) is 6.65. The number of methoxy groups -OCH3 is 1. The lowest BCUT2D eigenvalue weighted by molar-refractivity contribution is -0.143. The molecule has 3 aromatic heterocycles. The normalized spacial score (nSPS) is 14.3. The summed E-state index contributed by atoms with van der Waals surface area (Å²) in [6.07, 6.45) is 1.61. The number of fused-ring (bicyclic) bond motifs is 1. The van der Waals surface area contributed by atoms with Gasteiger partial charge in [-0.05, 0) is 25.1 Å². The van der Waals surface area contributed by atoms with Crippen LogP contribution in [0, 0.1) is 6.92 Å². The zero-order valence-corrected chi connectivity index (χ0v) is 18.2. The second kappa shape index (κ2) is 9.07. The first-order chi connectivity index (χ1) is 14.5. The standard InChI is InChI=1S/C20H20N4O4S2/c1-12-22-19-15(7-13(27-2)8-21-19)20(23-12)29-11-16(25)17-4-3-14(30-17)9-24-5-6-28-10-18(24)26/h3-4,7-8H,5-6,9-11H2,1-2H3. The maximum Gasteiger partial charge on any atom is 0.248 e. The third kappa shape index (κ3) is 4.61. The van der Waals surface area contributed by atoms with E-state index in [1.54, 1.807) is 25.1 Å². The number of carbonyl (C=O) groups excluding carboxylic acids is 2. The molecule has 8 nitrogen and oxygen atoms in total. The molecule has 10 heteroatoms. The number of pyridine rings is 1. The first-order valence-electron chi connectivity index (χ1n) is 9.32. The van der Waals surface area contributed by atoms with E-state index in [0.717, 1.165) is 10.3 Å². The van der Waals surface area contributed by atoms with Crippen LogP contribution in [0.3, 0.4) is 0 Å². The van der Waals surface area contributed by atoms with Gasteiger partial charge in [0.2, 0.25) is 5.91 Å². The number of Topliss-reactive ketones (excluding diaryl/α,β-unsaturated/α-hetero) is 1. The molecule has 4 heterocycles. The number of thioether (sulfide) groups is 1. The van der Waals surface area contributed by atoms with Gasteiger partial charge >= 0.3 is 0 Å². The highest BCUT2D eigenvalue weighted by Crippen LogP contribution is 2.29. The number of aryl methyl sites for hydroxylation is 1. The predicted molar refractivity (Wildman–Crippen MR) is 114 cm³/mol. The SMILES string of the molecule is COc1cnc2nc(C)nc(SCC(=O)c3ccc(CN4CCOCC4=O)s3)c2c1. The van der Waals surface area contributed by atoms with Crippen LogP contribution in [0.15, 0.2) is 29.4 Å². The smallest absolute Gasteiger partial charge is 0.248 e. The largest absolute Gasteiger partial charge is 0.495 e. The molecule has 0 aliphatic carbocycles. The summed E-state index contributed by atoms with van der Waals surface area (Å²) in [6, 6.07) is 5.56. The number of aromatic nitrogens is 3. The van der Waals surface area contributed by atoms with Gasteiger partial charge in [0, 0.05) is 11.4 Å². The van der Waals surface area contributed by atoms with Gasteiger partial charge < -0.3 is 14.4 Å². The van der Waals surface area contributed by atoms with Gasteiger partial charge in [0.15, 0.2) is 11.4 Å². The molecule has 3 aromatic rings. The Morgan fingerprint density at radius 1 is 1.37 bits per heavy atom. The summed E-state index contributed by atoms with van der Waals surface area (Å²) in [6.45, 7) is 3.56. The van der Waals surface area contributed by atoms with Crippen LogP contribution in [0.25, 0.3) is 11.0 Å². The number of hydrogen-bond acceptors (Lipinski definition) is 9. The van der Waals surface area contributed by atoms with Gasteiger partial charge in [-0.15, -0.1) is 11.3 Å². The summed E-state index contributed by atoms with van der Waals surface area (Å²) in [4.78, 5) is 41.2. The number of nitrogens with zero attached hydrogens (tertiary/aromatic N) is 4. The molecule has 30 heavy (non-hydrogen) atoms. The fourth-order valence-corrected chi connectivity index (χ4v) is 4.99. The molecular formula is C20H20N4O4S2. The molecule has 0 unspecified atom stereocenters. The van der Waals surface area contributed by atoms with Crippen molar-refractivity contribution >= 4 is 45.8 Å². The maximum absolute atomic E-state index is 12.7. The molecule has 0 saturated carbocycles. The van der Waals surface area contributed by atoms with Crippen LogP contribution < -0.4 is 4.74 Å². The average Bonchev–Trinajstić information content (AvgIpc) is 3.21. The zero-order chi connectivity index (χ0) is 21.1. The van der Waals surface area contributed by atoms with E-state index in [9.17, 15) is 9.59 Å². The van der Waals surface area contributed by atoms with E-state index in [1.165, 1.54) is 23.1 Å². The Morgan fingerprint density at radius 3 is 3.03 bits per heavy atom. The first-order valence-corrected chi connectivity index (χ1v) is 11.1. The minimum Gasteiger partial charge on any atom is -0.495 e. The van der Waals surface area contributed by atoms with Gasteiger partial charge in [-0.3, -0.25) is 9.59 Å². The second-order valence-electron chi connectivity index (χ2n) is 6.67. The van der Waals surface area contributed by atoms with Crippen molar-refractivity contribution in [2.45, 2.75) is 18.5 Å². The summed E-state index contributed by atoms with van der Waals surface area (Å²) in [5, 5.41) is 1.46. The predicted octanol–water partition coefficient (Wildman–Crippen LogP) is 2.74. The van der Waals surface area contributed by atoms with Crippen molar-refractivity contribution in [3.05, 3.63) is 40.0 Å². The molecule has 4 rings (SSSR count). The van der Waals surface area contributed by atoms with Gasteiger partial charge in [-0.2, -0.15) is 0 Å². The van der Waals surface area contributed by atoms with Crippen LogP contribution in [0.5, 0.6) is 5.75 Å². The second-order valence-corrected chi connectivity index (χ2v) is 8.80. The summed E-state index contributed by atoms with van der Waals surface area (Å²) in [7, 11) is 1.58. The highest BCUT2D eigenvalue weighted by atomic mass is 32.2. The summed E-state index contributed by atoms with van der Waals surface area (Å²) >= 11 is 2.78. The molecule has 1 amide bonds. The van der Waals surface area contributed by atoms with Gasteiger partial charge in [-0.1, -0.05) is 11.8 Å². The zero-order valence-electron chi connectivity index (χ0n) is 16.6. The Morgan fingerprint density at radius 2 is 2.23 bits per heavy atom. The number of amides is 1. The molecule has 1 aliphatic rings. The maximum atomic E-state index is 12.7. The number of rotatable bonds is 7. The first kappa shape index (κ1) is 20.7. The van der Waals surface area contributed by atoms with E-state index in [1.807, 2.05) is 18.2 Å². The lowest BCUT2D eigenvalue weighted by atomic mass is 10.3. The van der Waals surface area contributed by atoms with Crippen molar-refractivity contribution in [2.24, 2.45) is 0 Å². The van der Waals surface area contributed by atoms with Gasteiger partial charge in [0.1, 0.15) is 23.2 Å². The van der Waals surface area contributed by atoms with E-state index in [0.29, 0.717) is 46.8 Å². The van der Waals surface area contributed by atoms with E-state index < -0.39 is 0 Å². The molecule has 0 spiro atoms. The molecule has 0 bridgehead atoms. The minimum atomic E-state index is -0.0203. The Bertz CT molecular complexity index is 1100. The molecule has 0 aromatic carbocycles. The Labute approximate surface area is 181 Å². The fourth-order valence-electron chi connectivity index (χ4n) is 3.02. The monoisotopic (exact) mass is 444 g/mol. The average molecular weight is 445 g/mol. The Balaban J connectivity index is 1.45. The van der Waals surface area contributed by atoms with Crippen molar-refractivity contribution in [2.75, 3.05) is 32.6 Å². The van der Waals surface area contributed by atoms with Crippen LogP contribution in [0.4, 0.5) is 0 Å². The molecule has 1 saturated heterocycles. The summed E-state index contributed by atoms with van der Waals surface area (Å²) in [5.74, 6) is 1.46. The third-order valence-electron chi connectivity index (χ3n) is 4.55. The summed E-state index contributed by atoms with van der Waals surface area (Å²) < 4.78 is 10.4. The number of ether oxygens (including phenoxy) is 2. The van der Waals surface area contributed by atoms with E-state index in [4.69, 9.17) is 9.47 Å². The molecular weight excluding hydrogens is 424 g/mol. The molecule has 1 aliphatic heterocycles. The topological polar surface area (TPSA) is 94.5 Å². The number of carbonyl (C=O) groups is 2. The fraction of sp³-hybridized carbons (Fsp3) is 0.350. The molecule has 0 atom stereocenters. The minimum absolute atomic E-state index is 0.0184. The molecule has 156 valence electrons. The van der Waals surface area contributed by atoms with Gasteiger partial charge in [0.05, 0.1) is 42.5 Å². The van der Waals surface area contributed by atoms with Crippen molar-refractivity contribution in [3.63, 3.8) is 0 Å². The van der Waals surface area contributed by atoms with E-state index in [-0.39, 0.29) is 24.1 Å². The molecule has 0 radical (unpaired) electrons. The van der Waals surface area contributed by atoms with Gasteiger partial charge in [0.25, 0.3) is 0 Å². The highest BCUT2D eigenvalue weighted by molar-refractivity contribution is 8.00. The lowest BCUT2D eigenvalue weighted by Crippen LogP contribution is -2.40. The van der Waals surface area contributed by atoms with Crippen LogP contribution in [-0.4, -0.2) is 64.2 Å². The molecule has 0 N–H and O–H groups in total. The number of morpholine rings is 1. The van der Waals surface area contributed by atoms with Crippen molar-refractivity contribution < 1.29 is 19.1 Å². The molecule has 1 fully saturated rings. The number of ketones is 1. The summed E-state index contributed by atoms with van der Waals surface area (Å²) in [5.41, 5.74) is 0.576. The van der Waals surface area contributed by atoms with Crippen LogP contribution >= 0.6 is 23.1 Å². The van der Waals surface area contributed by atoms with Crippen molar-refractivity contribution in [1.82, 2.24) is 19.9 Å². The Hall–Kier alpha value is -2.56. The van der Waals surface area contributed by atoms with Crippen molar-refractivity contribution in [1.29, 1.82) is 0 Å². The van der Waals surface area contributed by atoms with Crippen LogP contribution in [0.1, 0.15) is 20.4 Å². The van der Waals surface area contributed by atoms with E-state index in [2.05, 4.69) is 15.0 Å². The number of thiophene rings is 1.